The maximum Gasteiger partial charge on any atom is 0.228 e. The van der Waals surface area contributed by atoms with Crippen molar-refractivity contribution in [2.45, 2.75) is 25.3 Å². The molecular weight excluding hydrogens is 302 g/mol. The van der Waals surface area contributed by atoms with E-state index in [1.807, 2.05) is 11.4 Å². The van der Waals surface area contributed by atoms with Crippen LogP contribution in [-0.2, 0) is 6.42 Å². The molecule has 6 heteroatoms. The fourth-order valence-electron chi connectivity index (χ4n) is 1.76. The van der Waals surface area contributed by atoms with Gasteiger partial charge >= 0.3 is 0 Å². The monoisotopic (exact) mass is 313 g/mol. The molecule has 1 atom stereocenters. The third-order valence-corrected chi connectivity index (χ3v) is 4.58. The van der Waals surface area contributed by atoms with Crippen molar-refractivity contribution in [2.24, 2.45) is 11.7 Å². The zero-order valence-corrected chi connectivity index (χ0v) is 11.5. The maximum absolute atomic E-state index is 6.03. The zero-order valence-electron chi connectivity index (χ0n) is 9.10. The molecule has 0 saturated heterocycles. The van der Waals surface area contributed by atoms with Crippen LogP contribution in [-0.4, -0.2) is 16.2 Å². The summed E-state index contributed by atoms with van der Waals surface area (Å²) in [5, 5.41) is 5.98. The van der Waals surface area contributed by atoms with Crippen LogP contribution in [0.25, 0.3) is 10.7 Å². The van der Waals surface area contributed by atoms with E-state index in [0.717, 1.165) is 9.35 Å². The van der Waals surface area contributed by atoms with Crippen molar-refractivity contribution in [1.29, 1.82) is 0 Å². The van der Waals surface area contributed by atoms with Crippen molar-refractivity contribution < 1.29 is 4.52 Å². The first-order valence-corrected chi connectivity index (χ1v) is 7.22. The highest BCUT2D eigenvalue weighted by molar-refractivity contribution is 9.10. The van der Waals surface area contributed by atoms with E-state index < -0.39 is 0 Å². The molecule has 0 radical (unpaired) electrons. The average molecular weight is 314 g/mol. The summed E-state index contributed by atoms with van der Waals surface area (Å²) in [6.07, 6.45) is 3.16. The fraction of sp³-hybridized carbons (Fsp3) is 0.455. The highest BCUT2D eigenvalue weighted by atomic mass is 79.9. The smallest absolute Gasteiger partial charge is 0.228 e. The Kier molecular flexibility index (Phi) is 3.02. The second-order valence-corrected chi connectivity index (χ2v) is 6.17. The molecule has 0 spiro atoms. The summed E-state index contributed by atoms with van der Waals surface area (Å²) < 4.78 is 6.27. The molecular formula is C11H12BrN3OS. The number of halogens is 1. The minimum absolute atomic E-state index is 0.165. The Hall–Kier alpha value is -0.720. The van der Waals surface area contributed by atoms with Gasteiger partial charge in [0.25, 0.3) is 0 Å². The van der Waals surface area contributed by atoms with Crippen molar-refractivity contribution in [3.05, 3.63) is 21.8 Å². The second-order valence-electron chi connectivity index (χ2n) is 4.35. The molecule has 17 heavy (non-hydrogen) atoms. The average Bonchev–Trinajstić information content (AvgIpc) is 2.92. The van der Waals surface area contributed by atoms with E-state index in [1.54, 1.807) is 11.3 Å². The van der Waals surface area contributed by atoms with Crippen LogP contribution in [0.5, 0.6) is 0 Å². The Morgan fingerprint density at radius 2 is 2.41 bits per heavy atom. The Labute approximate surface area is 111 Å². The van der Waals surface area contributed by atoms with Gasteiger partial charge in [-0.25, -0.2) is 0 Å². The molecule has 1 aliphatic carbocycles. The molecule has 1 aliphatic rings. The molecule has 90 valence electrons. The quantitative estimate of drug-likeness (QED) is 0.942. The lowest BCUT2D eigenvalue weighted by atomic mass is 10.1. The molecule has 3 rings (SSSR count). The number of hydrogen-bond acceptors (Lipinski definition) is 5. The normalized spacial score (nSPS) is 17.3. The number of thiophene rings is 1. The summed E-state index contributed by atoms with van der Waals surface area (Å²) in [7, 11) is 0. The first-order chi connectivity index (χ1) is 8.22. The highest BCUT2D eigenvalue weighted by Crippen LogP contribution is 2.33. The van der Waals surface area contributed by atoms with Crippen LogP contribution in [0.15, 0.2) is 20.4 Å². The Bertz CT molecular complexity index is 520. The third-order valence-electron chi connectivity index (χ3n) is 2.89. The van der Waals surface area contributed by atoms with Crippen molar-refractivity contribution in [1.82, 2.24) is 10.1 Å². The zero-order chi connectivity index (χ0) is 11.8. The van der Waals surface area contributed by atoms with Gasteiger partial charge in [-0.05, 0) is 40.8 Å². The van der Waals surface area contributed by atoms with Gasteiger partial charge in [-0.2, -0.15) is 4.98 Å². The van der Waals surface area contributed by atoms with E-state index in [1.165, 1.54) is 12.8 Å². The van der Waals surface area contributed by atoms with Gasteiger partial charge in [0.2, 0.25) is 11.7 Å². The summed E-state index contributed by atoms with van der Waals surface area (Å²) in [6.45, 7) is 0. The van der Waals surface area contributed by atoms with Gasteiger partial charge in [0.1, 0.15) is 0 Å². The number of aromatic nitrogens is 2. The van der Waals surface area contributed by atoms with Gasteiger partial charge in [-0.3, -0.25) is 0 Å². The van der Waals surface area contributed by atoms with Crippen LogP contribution in [0.4, 0.5) is 0 Å². The molecule has 1 fully saturated rings. The first-order valence-electron chi connectivity index (χ1n) is 5.55. The van der Waals surface area contributed by atoms with Gasteiger partial charge in [-0.15, -0.1) is 11.3 Å². The molecule has 4 nitrogen and oxygen atoms in total. The maximum atomic E-state index is 6.03. The molecule has 0 aromatic carbocycles. The topological polar surface area (TPSA) is 64.9 Å². The predicted octanol–water partition coefficient (Wildman–Crippen LogP) is 2.84. The second kappa shape index (κ2) is 4.51. The highest BCUT2D eigenvalue weighted by Gasteiger charge is 2.29. The van der Waals surface area contributed by atoms with Crippen molar-refractivity contribution in [2.75, 3.05) is 0 Å². The molecule has 2 heterocycles. The van der Waals surface area contributed by atoms with E-state index in [9.17, 15) is 0 Å². The van der Waals surface area contributed by atoms with Crippen LogP contribution in [0, 0.1) is 5.92 Å². The third kappa shape index (κ3) is 2.59. The molecule has 2 aromatic rings. The molecule has 0 bridgehead atoms. The van der Waals surface area contributed by atoms with Gasteiger partial charge in [-0.1, -0.05) is 5.16 Å². The molecule has 1 saturated carbocycles. The van der Waals surface area contributed by atoms with Crippen LogP contribution in [0.1, 0.15) is 18.7 Å². The lowest BCUT2D eigenvalue weighted by Gasteiger charge is -2.04. The van der Waals surface area contributed by atoms with Gasteiger partial charge in [0.05, 0.1) is 4.88 Å². The summed E-state index contributed by atoms with van der Waals surface area (Å²) in [5.41, 5.74) is 6.03. The van der Waals surface area contributed by atoms with Gasteiger partial charge in [0.15, 0.2) is 0 Å². The molecule has 1 unspecified atom stereocenters. The van der Waals surface area contributed by atoms with Crippen molar-refractivity contribution in [3.8, 4) is 10.7 Å². The lowest BCUT2D eigenvalue weighted by molar-refractivity contribution is 0.364. The minimum atomic E-state index is 0.165. The number of hydrogen-bond donors (Lipinski definition) is 1. The Balaban J connectivity index is 1.73. The number of rotatable bonds is 4. The lowest BCUT2D eigenvalue weighted by Crippen LogP contribution is -2.25. The predicted molar refractivity (Wildman–Crippen MR) is 69.7 cm³/mol. The van der Waals surface area contributed by atoms with E-state index in [2.05, 4.69) is 26.1 Å². The van der Waals surface area contributed by atoms with Gasteiger partial charge in [0, 0.05) is 22.3 Å². The summed E-state index contributed by atoms with van der Waals surface area (Å²) in [4.78, 5) is 5.38. The largest absolute Gasteiger partial charge is 0.339 e. The van der Waals surface area contributed by atoms with Gasteiger partial charge < -0.3 is 10.3 Å². The number of nitrogens with zero attached hydrogens (tertiary/aromatic N) is 2. The van der Waals surface area contributed by atoms with E-state index in [0.29, 0.717) is 24.1 Å². The van der Waals surface area contributed by atoms with E-state index in [4.69, 9.17) is 10.3 Å². The SMILES string of the molecule is NC(Cc1nc(-c2cc(Br)cs2)no1)C1CC1. The van der Waals surface area contributed by atoms with Crippen LogP contribution in [0.3, 0.4) is 0 Å². The Morgan fingerprint density at radius 3 is 3.06 bits per heavy atom. The van der Waals surface area contributed by atoms with E-state index >= 15 is 0 Å². The minimum Gasteiger partial charge on any atom is -0.339 e. The molecule has 2 N–H and O–H groups in total. The van der Waals surface area contributed by atoms with Crippen molar-refractivity contribution >= 4 is 27.3 Å². The van der Waals surface area contributed by atoms with Crippen LogP contribution < -0.4 is 5.73 Å². The van der Waals surface area contributed by atoms with Crippen LogP contribution >= 0.6 is 27.3 Å². The number of nitrogens with two attached hydrogens (primary N) is 1. The van der Waals surface area contributed by atoms with E-state index in [-0.39, 0.29) is 6.04 Å². The standard InChI is InChI=1S/C11H12BrN3OS/c12-7-3-9(17-5-7)11-14-10(16-15-11)4-8(13)6-1-2-6/h3,5-6,8H,1-2,4,13H2. The Morgan fingerprint density at radius 1 is 1.59 bits per heavy atom. The molecule has 0 amide bonds. The van der Waals surface area contributed by atoms with Crippen molar-refractivity contribution in [3.63, 3.8) is 0 Å². The summed E-state index contributed by atoms with van der Waals surface area (Å²) in [6, 6.07) is 2.15. The molecule has 0 aliphatic heterocycles. The molecule has 2 aromatic heterocycles. The fourth-order valence-corrected chi connectivity index (χ4v) is 3.11. The summed E-state index contributed by atoms with van der Waals surface area (Å²) >= 11 is 5.00. The van der Waals surface area contributed by atoms with Crippen LogP contribution in [0.2, 0.25) is 0 Å². The first kappa shape index (κ1) is 11.4. The summed E-state index contributed by atoms with van der Waals surface area (Å²) in [5.74, 6) is 1.95.